The van der Waals surface area contributed by atoms with E-state index in [9.17, 15) is 4.79 Å². The van der Waals surface area contributed by atoms with Gasteiger partial charge in [0.25, 0.3) is 5.91 Å². The Morgan fingerprint density at radius 3 is 2.59 bits per heavy atom. The average molecular weight is 366 g/mol. The van der Waals surface area contributed by atoms with Gasteiger partial charge in [0.05, 0.1) is 20.3 Å². The van der Waals surface area contributed by atoms with Crippen LogP contribution in [-0.4, -0.2) is 44.7 Å². The summed E-state index contributed by atoms with van der Waals surface area (Å²) in [5, 5.41) is 3.08. The van der Waals surface area contributed by atoms with Gasteiger partial charge in [-0.15, -0.1) is 6.58 Å². The maximum absolute atomic E-state index is 12.5. The molecule has 0 radical (unpaired) electrons. The lowest BCUT2D eigenvalue weighted by Gasteiger charge is -2.37. The lowest BCUT2D eigenvalue weighted by atomic mass is 9.91. The second-order valence-electron chi connectivity index (χ2n) is 6.53. The summed E-state index contributed by atoms with van der Waals surface area (Å²) in [6, 6.07) is 13.4. The van der Waals surface area contributed by atoms with E-state index in [-0.39, 0.29) is 11.9 Å². The summed E-state index contributed by atoms with van der Waals surface area (Å²) < 4.78 is 10.9. The Labute approximate surface area is 160 Å². The van der Waals surface area contributed by atoms with Gasteiger partial charge in [0, 0.05) is 25.2 Å². The monoisotopic (exact) mass is 366 g/mol. The number of nitrogens with one attached hydrogen (secondary N) is 1. The zero-order valence-corrected chi connectivity index (χ0v) is 15.9. The van der Waals surface area contributed by atoms with Crippen molar-refractivity contribution in [2.75, 3.05) is 33.9 Å². The topological polar surface area (TPSA) is 50.8 Å². The van der Waals surface area contributed by atoms with Crippen LogP contribution in [0.25, 0.3) is 0 Å². The molecule has 0 saturated carbocycles. The molecule has 3 rings (SSSR count). The Hall–Kier alpha value is -2.79. The SMILES string of the molecule is C=CCN1CCc2cc(OC)c(OC)cc2[C@H]1CNC(=O)c1ccccc1. The first-order valence-electron chi connectivity index (χ1n) is 9.11. The predicted octanol–water partition coefficient (Wildman–Crippen LogP) is 3.22. The molecule has 2 aromatic carbocycles. The molecule has 0 bridgehead atoms. The molecule has 5 nitrogen and oxygen atoms in total. The van der Waals surface area contributed by atoms with Crippen LogP contribution < -0.4 is 14.8 Å². The van der Waals surface area contributed by atoms with Crippen LogP contribution in [0.3, 0.4) is 0 Å². The molecule has 142 valence electrons. The maximum atomic E-state index is 12.5. The number of benzene rings is 2. The van der Waals surface area contributed by atoms with E-state index in [1.807, 2.05) is 48.5 Å². The van der Waals surface area contributed by atoms with Crippen molar-refractivity contribution in [1.82, 2.24) is 10.2 Å². The van der Waals surface area contributed by atoms with Gasteiger partial charge in [0.1, 0.15) is 0 Å². The average Bonchev–Trinajstić information content (AvgIpc) is 2.72. The van der Waals surface area contributed by atoms with Crippen LogP contribution in [0.5, 0.6) is 11.5 Å². The Morgan fingerprint density at radius 2 is 1.93 bits per heavy atom. The number of amides is 1. The van der Waals surface area contributed by atoms with Gasteiger partial charge in [-0.05, 0) is 41.8 Å². The van der Waals surface area contributed by atoms with Crippen molar-refractivity contribution in [1.29, 1.82) is 0 Å². The van der Waals surface area contributed by atoms with Crippen molar-refractivity contribution in [3.05, 3.63) is 71.8 Å². The molecular weight excluding hydrogens is 340 g/mol. The third-order valence-electron chi connectivity index (χ3n) is 4.97. The van der Waals surface area contributed by atoms with Crippen molar-refractivity contribution in [3.63, 3.8) is 0 Å². The second-order valence-corrected chi connectivity index (χ2v) is 6.53. The van der Waals surface area contributed by atoms with Gasteiger partial charge < -0.3 is 14.8 Å². The van der Waals surface area contributed by atoms with Crippen LogP contribution in [0.1, 0.15) is 27.5 Å². The summed E-state index contributed by atoms with van der Waals surface area (Å²) in [5.41, 5.74) is 3.05. The Morgan fingerprint density at radius 1 is 1.22 bits per heavy atom. The number of methoxy groups -OCH3 is 2. The molecule has 1 aliphatic rings. The highest BCUT2D eigenvalue weighted by Gasteiger charge is 2.28. The minimum absolute atomic E-state index is 0.0548. The van der Waals surface area contributed by atoms with Gasteiger partial charge in [-0.25, -0.2) is 0 Å². The van der Waals surface area contributed by atoms with Crippen molar-refractivity contribution >= 4 is 5.91 Å². The van der Waals surface area contributed by atoms with Crippen LogP contribution in [0.4, 0.5) is 0 Å². The van der Waals surface area contributed by atoms with E-state index in [0.717, 1.165) is 30.8 Å². The fourth-order valence-corrected chi connectivity index (χ4v) is 3.58. The first kappa shape index (κ1) is 19.0. The second kappa shape index (κ2) is 8.73. The lowest BCUT2D eigenvalue weighted by Crippen LogP contribution is -2.42. The molecule has 0 aliphatic carbocycles. The van der Waals surface area contributed by atoms with Gasteiger partial charge in [-0.1, -0.05) is 24.3 Å². The zero-order chi connectivity index (χ0) is 19.2. The molecule has 1 N–H and O–H groups in total. The Kier molecular flexibility index (Phi) is 6.14. The molecule has 1 amide bonds. The highest BCUT2D eigenvalue weighted by Crippen LogP contribution is 2.37. The van der Waals surface area contributed by atoms with Crippen LogP contribution in [0.2, 0.25) is 0 Å². The molecule has 2 aromatic rings. The van der Waals surface area contributed by atoms with Gasteiger partial charge >= 0.3 is 0 Å². The summed E-state index contributed by atoms with van der Waals surface area (Å²) in [7, 11) is 3.29. The van der Waals surface area contributed by atoms with Crippen LogP contribution in [-0.2, 0) is 6.42 Å². The Balaban J connectivity index is 1.86. The van der Waals surface area contributed by atoms with Crippen LogP contribution in [0, 0.1) is 0 Å². The molecule has 0 saturated heterocycles. The van der Waals surface area contributed by atoms with Crippen LogP contribution in [0.15, 0.2) is 55.1 Å². The van der Waals surface area contributed by atoms with Crippen molar-refractivity contribution < 1.29 is 14.3 Å². The van der Waals surface area contributed by atoms with Crippen molar-refractivity contribution in [2.45, 2.75) is 12.5 Å². The summed E-state index contributed by atoms with van der Waals surface area (Å²) in [5.74, 6) is 1.37. The molecule has 5 heteroatoms. The highest BCUT2D eigenvalue weighted by atomic mass is 16.5. The molecular formula is C22H26N2O3. The quantitative estimate of drug-likeness (QED) is 0.765. The van der Waals surface area contributed by atoms with E-state index in [4.69, 9.17) is 9.47 Å². The van der Waals surface area contributed by atoms with E-state index in [1.54, 1.807) is 14.2 Å². The summed E-state index contributed by atoms with van der Waals surface area (Å²) in [4.78, 5) is 14.8. The molecule has 1 atom stereocenters. The van der Waals surface area contributed by atoms with E-state index in [1.165, 1.54) is 5.56 Å². The molecule has 0 fully saturated rings. The maximum Gasteiger partial charge on any atom is 0.251 e. The highest BCUT2D eigenvalue weighted by molar-refractivity contribution is 5.94. The normalized spacial score (nSPS) is 16.3. The van der Waals surface area contributed by atoms with Crippen molar-refractivity contribution in [2.24, 2.45) is 0 Å². The molecule has 0 aromatic heterocycles. The number of rotatable bonds is 7. The van der Waals surface area contributed by atoms with Crippen LogP contribution >= 0.6 is 0 Å². The molecule has 1 heterocycles. The fraction of sp³-hybridized carbons (Fsp3) is 0.318. The lowest BCUT2D eigenvalue weighted by molar-refractivity contribution is 0.0932. The number of fused-ring (bicyclic) bond motifs is 1. The van der Waals surface area contributed by atoms with Gasteiger partial charge in [-0.2, -0.15) is 0 Å². The van der Waals surface area contributed by atoms with E-state index >= 15 is 0 Å². The first-order chi connectivity index (χ1) is 13.2. The van der Waals surface area contributed by atoms with E-state index in [0.29, 0.717) is 17.9 Å². The molecule has 0 spiro atoms. The van der Waals surface area contributed by atoms with Gasteiger partial charge in [-0.3, -0.25) is 9.69 Å². The minimum Gasteiger partial charge on any atom is -0.493 e. The molecule has 27 heavy (non-hydrogen) atoms. The molecule has 1 aliphatic heterocycles. The standard InChI is InChI=1S/C22H26N2O3/c1-4-11-24-12-10-17-13-20(26-2)21(27-3)14-18(17)19(24)15-23-22(25)16-8-6-5-7-9-16/h4-9,13-14,19H,1,10-12,15H2,2-3H3,(H,23,25)/t19-/m1/s1. The third-order valence-corrected chi connectivity index (χ3v) is 4.97. The summed E-state index contributed by atoms with van der Waals surface area (Å²) in [6.07, 6.45) is 2.82. The number of carbonyl (C=O) groups is 1. The molecule has 0 unspecified atom stereocenters. The summed E-state index contributed by atoms with van der Waals surface area (Å²) in [6.45, 7) is 6.06. The number of hydrogen-bond donors (Lipinski definition) is 1. The number of hydrogen-bond acceptors (Lipinski definition) is 4. The van der Waals surface area contributed by atoms with Gasteiger partial charge in [0.15, 0.2) is 11.5 Å². The largest absolute Gasteiger partial charge is 0.493 e. The number of carbonyl (C=O) groups excluding carboxylic acids is 1. The first-order valence-corrected chi connectivity index (χ1v) is 9.11. The zero-order valence-electron chi connectivity index (χ0n) is 15.9. The minimum atomic E-state index is -0.0678. The number of ether oxygens (including phenoxy) is 2. The van der Waals surface area contributed by atoms with Crippen molar-refractivity contribution in [3.8, 4) is 11.5 Å². The third kappa shape index (κ3) is 4.14. The predicted molar refractivity (Wildman–Crippen MR) is 107 cm³/mol. The number of nitrogens with zero attached hydrogens (tertiary/aromatic N) is 1. The van der Waals surface area contributed by atoms with E-state index in [2.05, 4.69) is 16.8 Å². The van der Waals surface area contributed by atoms with Gasteiger partial charge in [0.2, 0.25) is 0 Å². The Bertz CT molecular complexity index is 805. The van der Waals surface area contributed by atoms with E-state index < -0.39 is 0 Å². The smallest absolute Gasteiger partial charge is 0.251 e. The fourth-order valence-electron chi connectivity index (χ4n) is 3.58. The summed E-state index contributed by atoms with van der Waals surface area (Å²) >= 11 is 0.